The lowest BCUT2D eigenvalue weighted by molar-refractivity contribution is -0.135. The van der Waals surface area contributed by atoms with Crippen molar-refractivity contribution in [3.63, 3.8) is 0 Å². The van der Waals surface area contributed by atoms with Crippen molar-refractivity contribution in [3.8, 4) is 0 Å². The normalized spacial score (nSPS) is 15.3. The van der Waals surface area contributed by atoms with Gasteiger partial charge in [0.1, 0.15) is 11.5 Å². The number of esters is 1. The summed E-state index contributed by atoms with van der Waals surface area (Å²) in [4.78, 5) is 29.1. The van der Waals surface area contributed by atoms with Crippen LogP contribution in [-0.4, -0.2) is 35.2 Å². The molecule has 1 aromatic carbocycles. The average Bonchev–Trinajstić information content (AvgIpc) is 2.72. The number of aromatic nitrogens is 1. The molecule has 0 unspecified atom stereocenters. The van der Waals surface area contributed by atoms with Gasteiger partial charge in [0.15, 0.2) is 0 Å². The maximum atomic E-state index is 12.9. The molecule has 0 atom stereocenters. The molecule has 1 aromatic heterocycles. The van der Waals surface area contributed by atoms with E-state index >= 15 is 0 Å². The standard InChI is InChI=1S/C21H26N4O3/c1-3-28-21(27)14(2)24-25-19-13-17(16-11-7-8-12-18(16)23-19)20(26)22-15-9-5-4-6-10-15/h7-8,11-13,15H,3-6,9-10H2,1-2H3,(H,22,26)(H,23,25)/b24-14-. The van der Waals surface area contributed by atoms with E-state index in [1.807, 2.05) is 24.3 Å². The molecule has 148 valence electrons. The van der Waals surface area contributed by atoms with Crippen molar-refractivity contribution in [2.45, 2.75) is 52.0 Å². The Hall–Kier alpha value is -2.96. The minimum Gasteiger partial charge on any atom is -0.461 e. The summed E-state index contributed by atoms with van der Waals surface area (Å²) in [6, 6.07) is 9.37. The monoisotopic (exact) mass is 382 g/mol. The predicted octanol–water partition coefficient (Wildman–Crippen LogP) is 3.65. The van der Waals surface area contributed by atoms with Gasteiger partial charge in [-0.3, -0.25) is 10.2 Å². The molecule has 28 heavy (non-hydrogen) atoms. The number of para-hydroxylation sites is 1. The van der Waals surface area contributed by atoms with Gasteiger partial charge in [0.2, 0.25) is 0 Å². The van der Waals surface area contributed by atoms with Crippen LogP contribution in [0, 0.1) is 0 Å². The Morgan fingerprint density at radius 3 is 2.71 bits per heavy atom. The highest BCUT2D eigenvalue weighted by Crippen LogP contribution is 2.23. The summed E-state index contributed by atoms with van der Waals surface area (Å²) in [6.45, 7) is 3.58. The molecule has 1 aliphatic carbocycles. The van der Waals surface area contributed by atoms with Crippen LogP contribution in [0.4, 0.5) is 5.82 Å². The number of nitrogens with zero attached hydrogens (tertiary/aromatic N) is 2. The van der Waals surface area contributed by atoms with E-state index in [0.29, 0.717) is 16.9 Å². The van der Waals surface area contributed by atoms with Crippen molar-refractivity contribution >= 4 is 34.3 Å². The molecule has 7 nitrogen and oxygen atoms in total. The van der Waals surface area contributed by atoms with E-state index in [1.165, 1.54) is 6.42 Å². The third-order valence-electron chi connectivity index (χ3n) is 4.81. The molecule has 1 heterocycles. The fourth-order valence-electron chi connectivity index (χ4n) is 3.35. The van der Waals surface area contributed by atoms with Crippen LogP contribution in [0.2, 0.25) is 0 Å². The van der Waals surface area contributed by atoms with E-state index in [-0.39, 0.29) is 24.3 Å². The van der Waals surface area contributed by atoms with Crippen molar-refractivity contribution in [3.05, 3.63) is 35.9 Å². The van der Waals surface area contributed by atoms with E-state index < -0.39 is 5.97 Å². The molecule has 0 spiro atoms. The molecule has 0 bridgehead atoms. The number of hydrogen-bond acceptors (Lipinski definition) is 6. The quantitative estimate of drug-likeness (QED) is 0.452. The first kappa shape index (κ1) is 19.8. The molecule has 2 aromatic rings. The van der Waals surface area contributed by atoms with Crippen LogP contribution < -0.4 is 10.7 Å². The molecule has 0 aliphatic heterocycles. The van der Waals surface area contributed by atoms with Gasteiger partial charge in [-0.05, 0) is 38.8 Å². The number of anilines is 1. The Labute approximate surface area is 164 Å². The van der Waals surface area contributed by atoms with Crippen molar-refractivity contribution in [2.75, 3.05) is 12.0 Å². The largest absolute Gasteiger partial charge is 0.461 e. The number of carbonyl (C=O) groups is 2. The Kier molecular flexibility index (Phi) is 6.57. The fraction of sp³-hybridized carbons (Fsp3) is 0.429. The highest BCUT2D eigenvalue weighted by molar-refractivity contribution is 6.35. The van der Waals surface area contributed by atoms with Crippen molar-refractivity contribution in [1.82, 2.24) is 10.3 Å². The molecule has 2 N–H and O–H groups in total. The number of pyridine rings is 1. The average molecular weight is 382 g/mol. The van der Waals surface area contributed by atoms with Gasteiger partial charge in [-0.1, -0.05) is 37.5 Å². The molecule has 1 amide bonds. The van der Waals surface area contributed by atoms with E-state index in [9.17, 15) is 9.59 Å². The number of nitrogens with one attached hydrogen (secondary N) is 2. The molecule has 0 radical (unpaired) electrons. The molecular formula is C21H26N4O3. The molecule has 1 fully saturated rings. The van der Waals surface area contributed by atoms with Gasteiger partial charge in [0.05, 0.1) is 17.7 Å². The molecular weight excluding hydrogens is 356 g/mol. The van der Waals surface area contributed by atoms with Crippen LogP contribution in [0.3, 0.4) is 0 Å². The summed E-state index contributed by atoms with van der Waals surface area (Å²) >= 11 is 0. The van der Waals surface area contributed by atoms with Crippen LogP contribution in [0.5, 0.6) is 0 Å². The van der Waals surface area contributed by atoms with Gasteiger partial charge >= 0.3 is 5.97 Å². The number of hydrazone groups is 1. The Morgan fingerprint density at radius 2 is 1.96 bits per heavy atom. The van der Waals surface area contributed by atoms with Gasteiger partial charge in [0, 0.05) is 11.4 Å². The first-order valence-electron chi connectivity index (χ1n) is 9.76. The molecule has 3 rings (SSSR count). The zero-order chi connectivity index (χ0) is 19.9. The van der Waals surface area contributed by atoms with Crippen LogP contribution in [0.1, 0.15) is 56.3 Å². The number of hydrogen-bond donors (Lipinski definition) is 2. The summed E-state index contributed by atoms with van der Waals surface area (Å²) in [5, 5.41) is 7.97. The van der Waals surface area contributed by atoms with Crippen LogP contribution >= 0.6 is 0 Å². The van der Waals surface area contributed by atoms with Crippen molar-refractivity contribution in [1.29, 1.82) is 0 Å². The summed E-state index contributed by atoms with van der Waals surface area (Å²) in [7, 11) is 0. The Morgan fingerprint density at radius 1 is 1.21 bits per heavy atom. The number of fused-ring (bicyclic) bond motifs is 1. The molecule has 7 heteroatoms. The van der Waals surface area contributed by atoms with Gasteiger partial charge in [-0.2, -0.15) is 5.10 Å². The number of amides is 1. The van der Waals surface area contributed by atoms with Crippen molar-refractivity contribution < 1.29 is 14.3 Å². The number of rotatable bonds is 6. The second-order valence-electron chi connectivity index (χ2n) is 6.91. The highest BCUT2D eigenvalue weighted by atomic mass is 16.5. The van der Waals surface area contributed by atoms with Gasteiger partial charge in [0.25, 0.3) is 5.91 Å². The third kappa shape index (κ3) is 4.85. The fourth-order valence-corrected chi connectivity index (χ4v) is 3.35. The minimum absolute atomic E-state index is 0.111. The van der Waals surface area contributed by atoms with E-state index in [2.05, 4.69) is 20.8 Å². The first-order valence-corrected chi connectivity index (χ1v) is 9.76. The van der Waals surface area contributed by atoms with Gasteiger partial charge < -0.3 is 10.1 Å². The maximum absolute atomic E-state index is 12.9. The second-order valence-corrected chi connectivity index (χ2v) is 6.91. The third-order valence-corrected chi connectivity index (χ3v) is 4.81. The highest BCUT2D eigenvalue weighted by Gasteiger charge is 2.19. The first-order chi connectivity index (χ1) is 13.6. The zero-order valence-electron chi connectivity index (χ0n) is 16.3. The van der Waals surface area contributed by atoms with Gasteiger partial charge in [-0.25, -0.2) is 9.78 Å². The lowest BCUT2D eigenvalue weighted by atomic mass is 9.95. The summed E-state index contributed by atoms with van der Waals surface area (Å²) in [5.74, 6) is -0.207. The molecule has 0 saturated heterocycles. The summed E-state index contributed by atoms with van der Waals surface area (Å²) in [5.41, 5.74) is 4.19. The lowest BCUT2D eigenvalue weighted by Crippen LogP contribution is -2.36. The second kappa shape index (κ2) is 9.30. The lowest BCUT2D eigenvalue weighted by Gasteiger charge is -2.23. The van der Waals surface area contributed by atoms with Crippen molar-refractivity contribution in [2.24, 2.45) is 5.10 Å². The SMILES string of the molecule is CCOC(=O)/C(C)=N\Nc1cc(C(=O)NC2CCCCC2)c2ccccc2n1. The van der Waals surface area contributed by atoms with E-state index in [4.69, 9.17) is 4.74 Å². The minimum atomic E-state index is -0.494. The summed E-state index contributed by atoms with van der Waals surface area (Å²) < 4.78 is 4.91. The Balaban J connectivity index is 1.85. The number of carbonyl (C=O) groups excluding carboxylic acids is 2. The topological polar surface area (TPSA) is 92.7 Å². The van der Waals surface area contributed by atoms with Gasteiger partial charge in [-0.15, -0.1) is 0 Å². The smallest absolute Gasteiger partial charge is 0.354 e. The van der Waals surface area contributed by atoms with Crippen LogP contribution in [-0.2, 0) is 9.53 Å². The van der Waals surface area contributed by atoms with E-state index in [1.54, 1.807) is 19.9 Å². The summed E-state index contributed by atoms with van der Waals surface area (Å²) in [6.07, 6.45) is 5.57. The Bertz CT molecular complexity index is 888. The predicted molar refractivity (Wildman–Crippen MR) is 109 cm³/mol. The van der Waals surface area contributed by atoms with E-state index in [0.717, 1.165) is 31.1 Å². The molecule has 1 aliphatic rings. The molecule has 1 saturated carbocycles. The van der Waals surface area contributed by atoms with Crippen LogP contribution in [0.25, 0.3) is 10.9 Å². The maximum Gasteiger partial charge on any atom is 0.354 e. The zero-order valence-corrected chi connectivity index (χ0v) is 16.3. The number of ether oxygens (including phenoxy) is 1. The number of benzene rings is 1. The van der Waals surface area contributed by atoms with Crippen LogP contribution in [0.15, 0.2) is 35.4 Å².